The van der Waals surface area contributed by atoms with Crippen molar-refractivity contribution in [3.05, 3.63) is 75.6 Å². The number of alkyl carbamates (subject to hydrolysis) is 1. The monoisotopic (exact) mass is 437 g/mol. The van der Waals surface area contributed by atoms with Gasteiger partial charge in [0.2, 0.25) is 0 Å². The molecule has 1 aromatic heterocycles. The molecule has 0 radical (unpaired) electrons. The van der Waals surface area contributed by atoms with Gasteiger partial charge < -0.3 is 19.2 Å². The molecule has 0 unspecified atom stereocenters. The summed E-state index contributed by atoms with van der Waals surface area (Å²) in [5.74, 6) is -0.329. The molecule has 1 N–H and O–H groups in total. The van der Waals surface area contributed by atoms with Crippen molar-refractivity contribution in [2.24, 2.45) is 0 Å². The smallest absolute Gasteiger partial charge is 0.408 e. The Balaban J connectivity index is 1.72. The van der Waals surface area contributed by atoms with Gasteiger partial charge in [-0.2, -0.15) is 0 Å². The molecule has 7 heteroatoms. The molecule has 0 saturated carbocycles. The summed E-state index contributed by atoms with van der Waals surface area (Å²) in [6, 6.07) is 13.2. The van der Waals surface area contributed by atoms with Gasteiger partial charge in [-0.05, 0) is 43.5 Å². The molecule has 0 aliphatic rings. The number of carbonyl (C=O) groups is 2. The molecule has 1 atom stereocenters. The molecule has 3 aromatic rings. The highest BCUT2D eigenvalue weighted by atomic mass is 16.6. The fraction of sp³-hybridized carbons (Fsp3) is 0.320. The molecule has 2 aromatic carbocycles. The summed E-state index contributed by atoms with van der Waals surface area (Å²) in [4.78, 5) is 36.9. The number of hydrogen-bond donors (Lipinski definition) is 1. The van der Waals surface area contributed by atoms with E-state index in [-0.39, 0.29) is 12.4 Å². The van der Waals surface area contributed by atoms with Crippen LogP contribution >= 0.6 is 0 Å². The van der Waals surface area contributed by atoms with E-state index < -0.39 is 23.7 Å². The second kappa shape index (κ2) is 10.6. The Morgan fingerprint density at radius 2 is 1.84 bits per heavy atom. The quantitative estimate of drug-likeness (QED) is 0.309. The predicted molar refractivity (Wildman–Crippen MR) is 121 cm³/mol. The molecule has 3 rings (SSSR count). The largest absolute Gasteiger partial charge is 0.445 e. The summed E-state index contributed by atoms with van der Waals surface area (Å²) in [5, 5.41) is 3.38. The zero-order valence-electron chi connectivity index (χ0n) is 18.5. The number of unbranched alkanes of at least 4 members (excludes halogenated alkanes) is 1. The van der Waals surface area contributed by atoms with Crippen molar-refractivity contribution in [1.29, 1.82) is 0 Å². The van der Waals surface area contributed by atoms with Crippen LogP contribution in [0.3, 0.4) is 0 Å². The van der Waals surface area contributed by atoms with E-state index in [0.717, 1.165) is 29.4 Å². The SMILES string of the molecule is CCCC[C@H](NC(=O)OCc1ccccc1)C(=O)Oc1ccc2c(C)cc(=O)oc2c1C. The fourth-order valence-corrected chi connectivity index (χ4v) is 3.35. The third-order valence-corrected chi connectivity index (χ3v) is 5.16. The van der Waals surface area contributed by atoms with E-state index in [2.05, 4.69) is 5.32 Å². The van der Waals surface area contributed by atoms with Crippen LogP contribution < -0.4 is 15.7 Å². The average molecular weight is 437 g/mol. The van der Waals surface area contributed by atoms with E-state index in [1.807, 2.05) is 44.2 Å². The number of hydrogen-bond acceptors (Lipinski definition) is 6. The molecule has 0 fully saturated rings. The van der Waals surface area contributed by atoms with Crippen LogP contribution in [0.5, 0.6) is 5.75 Å². The molecule has 0 bridgehead atoms. The van der Waals surface area contributed by atoms with Crippen LogP contribution in [-0.4, -0.2) is 18.1 Å². The van der Waals surface area contributed by atoms with Crippen LogP contribution in [0, 0.1) is 13.8 Å². The van der Waals surface area contributed by atoms with Gasteiger partial charge in [0.15, 0.2) is 0 Å². The van der Waals surface area contributed by atoms with Crippen molar-refractivity contribution in [3.63, 3.8) is 0 Å². The first kappa shape index (κ1) is 23.1. The van der Waals surface area contributed by atoms with E-state index >= 15 is 0 Å². The number of amides is 1. The Morgan fingerprint density at radius 1 is 1.09 bits per heavy atom. The number of rotatable bonds is 8. The van der Waals surface area contributed by atoms with Gasteiger partial charge in [0, 0.05) is 17.0 Å². The molecule has 0 saturated heterocycles. The van der Waals surface area contributed by atoms with Crippen molar-refractivity contribution >= 4 is 23.0 Å². The van der Waals surface area contributed by atoms with Crippen molar-refractivity contribution in [2.75, 3.05) is 0 Å². The van der Waals surface area contributed by atoms with E-state index in [1.54, 1.807) is 19.1 Å². The van der Waals surface area contributed by atoms with E-state index in [4.69, 9.17) is 13.9 Å². The van der Waals surface area contributed by atoms with E-state index in [1.165, 1.54) is 6.07 Å². The van der Waals surface area contributed by atoms with Gasteiger partial charge in [-0.25, -0.2) is 14.4 Å². The van der Waals surface area contributed by atoms with Crippen LogP contribution in [-0.2, 0) is 16.1 Å². The maximum Gasteiger partial charge on any atom is 0.408 e. The highest BCUT2D eigenvalue weighted by molar-refractivity contribution is 5.87. The maximum absolute atomic E-state index is 12.9. The fourth-order valence-electron chi connectivity index (χ4n) is 3.35. The predicted octanol–water partition coefficient (Wildman–Crippen LogP) is 4.80. The van der Waals surface area contributed by atoms with Crippen LogP contribution in [0.15, 0.2) is 57.7 Å². The normalized spacial score (nSPS) is 11.7. The lowest BCUT2D eigenvalue weighted by Crippen LogP contribution is -2.43. The highest BCUT2D eigenvalue weighted by Gasteiger charge is 2.24. The average Bonchev–Trinajstić information content (AvgIpc) is 2.78. The number of fused-ring (bicyclic) bond motifs is 1. The molecule has 1 heterocycles. The number of benzene rings is 2. The minimum absolute atomic E-state index is 0.102. The molecular formula is C25H27NO6. The van der Waals surface area contributed by atoms with Crippen LogP contribution in [0.25, 0.3) is 11.0 Å². The van der Waals surface area contributed by atoms with Crippen molar-refractivity contribution < 1.29 is 23.5 Å². The molecule has 0 aliphatic heterocycles. The summed E-state index contributed by atoms with van der Waals surface area (Å²) in [7, 11) is 0. The molecule has 1 amide bonds. The number of nitrogens with one attached hydrogen (secondary N) is 1. The Morgan fingerprint density at radius 3 is 2.56 bits per heavy atom. The molecule has 32 heavy (non-hydrogen) atoms. The number of ether oxygens (including phenoxy) is 2. The third kappa shape index (κ3) is 5.75. The van der Waals surface area contributed by atoms with Crippen molar-refractivity contribution in [3.8, 4) is 5.75 Å². The van der Waals surface area contributed by atoms with Crippen molar-refractivity contribution in [1.82, 2.24) is 5.32 Å². The standard InChI is InChI=1S/C25H27NO6/c1-4-5-11-20(26-25(29)30-15-18-9-7-6-8-10-18)24(28)31-21-13-12-19-16(2)14-22(27)32-23(19)17(21)3/h6-10,12-14,20H,4-5,11,15H2,1-3H3,(H,26,29)/t20-/m0/s1. The molecule has 0 spiro atoms. The molecule has 7 nitrogen and oxygen atoms in total. The van der Waals surface area contributed by atoms with Gasteiger partial charge in [-0.1, -0.05) is 50.1 Å². The first-order chi connectivity index (χ1) is 15.4. The Hall–Kier alpha value is -3.61. The summed E-state index contributed by atoms with van der Waals surface area (Å²) in [6.07, 6.45) is 1.30. The van der Waals surface area contributed by atoms with Gasteiger partial charge >= 0.3 is 17.7 Å². The van der Waals surface area contributed by atoms with Gasteiger partial charge in [0.1, 0.15) is 24.0 Å². The lowest BCUT2D eigenvalue weighted by Gasteiger charge is -2.18. The molecule has 168 valence electrons. The lowest BCUT2D eigenvalue weighted by atomic mass is 10.1. The van der Waals surface area contributed by atoms with E-state index in [0.29, 0.717) is 17.6 Å². The first-order valence-electron chi connectivity index (χ1n) is 10.6. The Bertz CT molecular complexity index is 1150. The van der Waals surface area contributed by atoms with Crippen LogP contribution in [0.1, 0.15) is 42.9 Å². The Labute approximate surface area is 186 Å². The minimum atomic E-state index is -0.863. The number of aryl methyl sites for hydroxylation is 2. The number of esters is 1. The maximum atomic E-state index is 12.9. The molecule has 0 aliphatic carbocycles. The highest BCUT2D eigenvalue weighted by Crippen LogP contribution is 2.28. The Kier molecular flexibility index (Phi) is 7.65. The van der Waals surface area contributed by atoms with Gasteiger partial charge in [-0.15, -0.1) is 0 Å². The number of carbonyl (C=O) groups excluding carboxylic acids is 2. The second-order valence-electron chi connectivity index (χ2n) is 7.64. The summed E-state index contributed by atoms with van der Waals surface area (Å²) < 4.78 is 16.1. The zero-order chi connectivity index (χ0) is 23.1. The third-order valence-electron chi connectivity index (χ3n) is 5.16. The molecular weight excluding hydrogens is 410 g/mol. The summed E-state index contributed by atoms with van der Waals surface area (Å²) >= 11 is 0. The lowest BCUT2D eigenvalue weighted by molar-refractivity contribution is -0.136. The topological polar surface area (TPSA) is 94.8 Å². The zero-order valence-corrected chi connectivity index (χ0v) is 18.5. The van der Waals surface area contributed by atoms with Crippen LogP contribution in [0.2, 0.25) is 0 Å². The first-order valence-corrected chi connectivity index (χ1v) is 10.6. The van der Waals surface area contributed by atoms with E-state index in [9.17, 15) is 14.4 Å². The minimum Gasteiger partial charge on any atom is -0.445 e. The second-order valence-corrected chi connectivity index (χ2v) is 7.64. The van der Waals surface area contributed by atoms with Gasteiger partial charge in [-0.3, -0.25) is 0 Å². The van der Waals surface area contributed by atoms with Gasteiger partial charge in [0.25, 0.3) is 0 Å². The summed E-state index contributed by atoms with van der Waals surface area (Å²) in [5.41, 5.74) is 2.07. The van der Waals surface area contributed by atoms with Crippen molar-refractivity contribution in [2.45, 2.75) is 52.7 Å². The summed E-state index contributed by atoms with van der Waals surface area (Å²) in [6.45, 7) is 5.63. The van der Waals surface area contributed by atoms with Gasteiger partial charge in [0.05, 0.1) is 0 Å². The van der Waals surface area contributed by atoms with Crippen LogP contribution in [0.4, 0.5) is 4.79 Å².